The van der Waals surface area contributed by atoms with Crippen LogP contribution in [0.3, 0.4) is 0 Å². The standard InChI is InChI=1S/C39H47N7O4/c47-31-21-27-5-1-2-6-32(27)34(23-31)28-7-10-33-35(22-28)41-37(50-26-39-11-3-14-45(39)15-4-12-39)42-36(33)44-24-29-8-9-30(25-44)46(29)38(48)40-13-16-43-17-19-49-20-18-43/h1-2,5-7,10,21-23,29-30,47H,3-4,8-9,11-20,24-26H2,(H,40,48). The van der Waals surface area contributed by atoms with Crippen LogP contribution in [0.2, 0.25) is 0 Å². The maximum absolute atomic E-state index is 13.5. The Balaban J connectivity index is 1.01. The maximum Gasteiger partial charge on any atom is 0.319 e. The third-order valence-corrected chi connectivity index (χ3v) is 11.9. The molecule has 2 atom stereocenters. The van der Waals surface area contributed by atoms with E-state index in [1.165, 1.54) is 12.8 Å². The Hall–Kier alpha value is -4.19. The van der Waals surface area contributed by atoms with Gasteiger partial charge in [0.1, 0.15) is 18.2 Å². The van der Waals surface area contributed by atoms with Crippen LogP contribution in [-0.4, -0.2) is 126 Å². The van der Waals surface area contributed by atoms with Crippen molar-refractivity contribution >= 4 is 33.5 Å². The second-order valence-electron chi connectivity index (χ2n) is 14.9. The summed E-state index contributed by atoms with van der Waals surface area (Å²) in [5, 5.41) is 16.9. The number of piperazine rings is 1. The highest BCUT2D eigenvalue weighted by Crippen LogP contribution is 2.41. The number of aromatic nitrogens is 2. The Morgan fingerprint density at radius 1 is 0.940 bits per heavy atom. The molecule has 2 amide bonds. The summed E-state index contributed by atoms with van der Waals surface area (Å²) >= 11 is 0. The lowest BCUT2D eigenvalue weighted by Gasteiger charge is -2.42. The van der Waals surface area contributed by atoms with Gasteiger partial charge in [-0.25, -0.2) is 4.79 Å². The Bertz CT molecular complexity index is 1870. The molecule has 2 unspecified atom stereocenters. The first-order chi connectivity index (χ1) is 24.5. The molecule has 5 fully saturated rings. The van der Waals surface area contributed by atoms with E-state index in [4.69, 9.17) is 19.4 Å². The highest BCUT2D eigenvalue weighted by molar-refractivity contribution is 6.01. The Kier molecular flexibility index (Phi) is 8.37. The minimum atomic E-state index is 0.0434. The average Bonchev–Trinajstić information content (AvgIpc) is 3.80. The number of morpholine rings is 1. The van der Waals surface area contributed by atoms with Crippen LogP contribution in [-0.2, 0) is 4.74 Å². The molecule has 5 aliphatic rings. The first-order valence-corrected chi connectivity index (χ1v) is 18.6. The number of hydrogen-bond donors (Lipinski definition) is 2. The summed E-state index contributed by atoms with van der Waals surface area (Å²) in [7, 11) is 0. The van der Waals surface area contributed by atoms with E-state index in [2.05, 4.69) is 49.2 Å². The lowest BCUT2D eigenvalue weighted by Crippen LogP contribution is -2.59. The zero-order chi connectivity index (χ0) is 33.7. The molecule has 3 aromatic carbocycles. The summed E-state index contributed by atoms with van der Waals surface area (Å²) in [6, 6.07) is 18.8. The van der Waals surface area contributed by atoms with Gasteiger partial charge >= 0.3 is 12.0 Å². The lowest BCUT2D eigenvalue weighted by atomic mass is 9.95. The summed E-state index contributed by atoms with van der Waals surface area (Å²) in [4.78, 5) is 33.0. The number of fused-ring (bicyclic) bond motifs is 5. The maximum atomic E-state index is 13.5. The fourth-order valence-electron chi connectivity index (χ4n) is 9.40. The van der Waals surface area contributed by atoms with Crippen LogP contribution in [0, 0.1) is 0 Å². The van der Waals surface area contributed by atoms with Gasteiger partial charge in [0.2, 0.25) is 0 Å². The number of phenols is 1. The molecule has 5 saturated heterocycles. The number of nitrogens with one attached hydrogen (secondary N) is 1. The van der Waals surface area contributed by atoms with Crippen molar-refractivity contribution in [1.29, 1.82) is 0 Å². The van der Waals surface area contributed by atoms with E-state index in [1.807, 2.05) is 24.3 Å². The second-order valence-corrected chi connectivity index (χ2v) is 14.9. The van der Waals surface area contributed by atoms with Crippen LogP contribution in [0.5, 0.6) is 11.8 Å². The largest absolute Gasteiger partial charge is 0.508 e. The number of amides is 2. The number of carbonyl (C=O) groups is 1. The molecule has 11 heteroatoms. The number of aromatic hydroxyl groups is 1. The number of benzene rings is 3. The monoisotopic (exact) mass is 677 g/mol. The van der Waals surface area contributed by atoms with Gasteiger partial charge in [-0.05, 0) is 97.8 Å². The molecule has 2 bridgehead atoms. The topological polar surface area (TPSA) is 107 Å². The molecule has 6 heterocycles. The van der Waals surface area contributed by atoms with Crippen molar-refractivity contribution in [2.24, 2.45) is 0 Å². The minimum absolute atomic E-state index is 0.0434. The molecule has 1 aromatic heterocycles. The molecule has 5 aliphatic heterocycles. The van der Waals surface area contributed by atoms with E-state index >= 15 is 0 Å². The first kappa shape index (κ1) is 31.8. The van der Waals surface area contributed by atoms with Gasteiger partial charge in [0.05, 0.1) is 36.4 Å². The SMILES string of the molecule is O=C(NCCN1CCOCC1)N1C2CCC1CN(c1nc(OCC34CCCN3CCC4)nc3cc(-c4cc(O)cc5ccccc45)ccc13)C2. The van der Waals surface area contributed by atoms with Crippen LogP contribution < -0.4 is 15.0 Å². The summed E-state index contributed by atoms with van der Waals surface area (Å²) in [5.41, 5.74) is 2.84. The number of carbonyl (C=O) groups excluding carboxylic acids is 1. The van der Waals surface area contributed by atoms with Crippen molar-refractivity contribution in [2.45, 2.75) is 56.1 Å². The Morgan fingerprint density at radius 2 is 1.72 bits per heavy atom. The quantitative estimate of drug-likeness (QED) is 0.271. The summed E-state index contributed by atoms with van der Waals surface area (Å²) in [6.07, 6.45) is 6.70. The van der Waals surface area contributed by atoms with Gasteiger partial charge in [0.15, 0.2) is 0 Å². The molecule has 2 N–H and O–H groups in total. The number of hydrogen-bond acceptors (Lipinski definition) is 9. The molecule has 0 radical (unpaired) electrons. The van der Waals surface area contributed by atoms with Crippen LogP contribution in [0.1, 0.15) is 38.5 Å². The zero-order valence-electron chi connectivity index (χ0n) is 28.7. The van der Waals surface area contributed by atoms with Crippen molar-refractivity contribution in [3.63, 3.8) is 0 Å². The molecular weight excluding hydrogens is 630 g/mol. The number of phenolic OH excluding ortho intramolecular Hbond substituents is 1. The van der Waals surface area contributed by atoms with E-state index in [1.54, 1.807) is 6.07 Å². The zero-order valence-corrected chi connectivity index (χ0v) is 28.7. The van der Waals surface area contributed by atoms with Crippen LogP contribution in [0.4, 0.5) is 10.6 Å². The Labute approximate surface area is 293 Å². The predicted molar refractivity (Wildman–Crippen MR) is 194 cm³/mol. The van der Waals surface area contributed by atoms with E-state index in [0.29, 0.717) is 19.2 Å². The van der Waals surface area contributed by atoms with Crippen molar-refractivity contribution < 1.29 is 19.4 Å². The summed E-state index contributed by atoms with van der Waals surface area (Å²) in [5.74, 6) is 1.11. The molecule has 0 saturated carbocycles. The van der Waals surface area contributed by atoms with Crippen LogP contribution in [0.25, 0.3) is 32.8 Å². The number of nitrogens with zero attached hydrogens (tertiary/aromatic N) is 6. The molecule has 0 aliphatic carbocycles. The molecule has 4 aromatic rings. The van der Waals surface area contributed by atoms with Crippen molar-refractivity contribution in [2.75, 3.05) is 77.1 Å². The van der Waals surface area contributed by atoms with Crippen LogP contribution >= 0.6 is 0 Å². The van der Waals surface area contributed by atoms with Gasteiger partial charge < -0.3 is 29.7 Å². The van der Waals surface area contributed by atoms with E-state index < -0.39 is 0 Å². The molecular formula is C39H47N7O4. The van der Waals surface area contributed by atoms with Gasteiger partial charge in [-0.15, -0.1) is 0 Å². The van der Waals surface area contributed by atoms with E-state index in [0.717, 1.165) is 123 Å². The number of ether oxygens (including phenoxy) is 2. The minimum Gasteiger partial charge on any atom is -0.508 e. The summed E-state index contributed by atoms with van der Waals surface area (Å²) in [6.45, 7) is 9.17. The fraction of sp³-hybridized carbons (Fsp3) is 0.513. The van der Waals surface area contributed by atoms with Gasteiger partial charge in [0, 0.05) is 44.7 Å². The molecule has 50 heavy (non-hydrogen) atoms. The van der Waals surface area contributed by atoms with Gasteiger partial charge in [-0.3, -0.25) is 9.80 Å². The van der Waals surface area contributed by atoms with E-state index in [9.17, 15) is 9.90 Å². The van der Waals surface area contributed by atoms with Crippen molar-refractivity contribution in [3.8, 4) is 22.9 Å². The van der Waals surface area contributed by atoms with Gasteiger partial charge in [0.25, 0.3) is 0 Å². The normalized spacial score (nSPS) is 23.5. The smallest absolute Gasteiger partial charge is 0.319 e. The highest BCUT2D eigenvalue weighted by Gasteiger charge is 2.46. The van der Waals surface area contributed by atoms with Crippen LogP contribution in [0.15, 0.2) is 54.6 Å². The highest BCUT2D eigenvalue weighted by atomic mass is 16.5. The first-order valence-electron chi connectivity index (χ1n) is 18.6. The van der Waals surface area contributed by atoms with E-state index in [-0.39, 0.29) is 29.4 Å². The predicted octanol–water partition coefficient (Wildman–Crippen LogP) is 4.86. The summed E-state index contributed by atoms with van der Waals surface area (Å²) < 4.78 is 12.0. The third-order valence-electron chi connectivity index (χ3n) is 11.9. The molecule has 9 rings (SSSR count). The second kappa shape index (κ2) is 13.2. The number of anilines is 1. The van der Waals surface area contributed by atoms with Crippen molar-refractivity contribution in [3.05, 3.63) is 54.6 Å². The van der Waals surface area contributed by atoms with Gasteiger partial charge in [-0.1, -0.05) is 30.3 Å². The molecule has 11 nitrogen and oxygen atoms in total. The molecule has 262 valence electrons. The van der Waals surface area contributed by atoms with Gasteiger partial charge in [-0.2, -0.15) is 9.97 Å². The lowest BCUT2D eigenvalue weighted by molar-refractivity contribution is 0.0385. The Morgan fingerprint density at radius 3 is 2.52 bits per heavy atom. The third kappa shape index (κ3) is 5.88. The van der Waals surface area contributed by atoms with Crippen molar-refractivity contribution in [1.82, 2.24) is 30.0 Å². The fourth-order valence-corrected chi connectivity index (χ4v) is 9.40. The number of urea groups is 1. The number of rotatable bonds is 8. The molecule has 0 spiro atoms. The average molecular weight is 678 g/mol.